The monoisotopic (exact) mass is 285 g/mol. The zero-order chi connectivity index (χ0) is 14.4. The summed E-state index contributed by atoms with van der Waals surface area (Å²) in [5.74, 6) is 1.63. The van der Waals surface area contributed by atoms with Gasteiger partial charge in [0, 0.05) is 23.6 Å². The largest absolute Gasteiger partial charge is 0.497 e. The van der Waals surface area contributed by atoms with Gasteiger partial charge >= 0.3 is 0 Å². The van der Waals surface area contributed by atoms with E-state index in [1.54, 1.807) is 32.4 Å². The van der Waals surface area contributed by atoms with Crippen LogP contribution in [-0.4, -0.2) is 32.0 Å². The molecule has 1 N–H and O–H groups in total. The van der Waals surface area contributed by atoms with E-state index < -0.39 is 0 Å². The molecule has 106 valence electrons. The van der Waals surface area contributed by atoms with Crippen LogP contribution in [0.15, 0.2) is 18.2 Å². The Kier molecular flexibility index (Phi) is 5.96. The molecule has 1 aromatic carbocycles. The second-order valence-electron chi connectivity index (χ2n) is 4.58. The van der Waals surface area contributed by atoms with Crippen LogP contribution in [0, 0.1) is 5.92 Å². The topological polar surface area (TPSA) is 47.6 Å². The summed E-state index contributed by atoms with van der Waals surface area (Å²) >= 11 is 5.85. The van der Waals surface area contributed by atoms with E-state index in [1.807, 2.05) is 13.8 Å². The van der Waals surface area contributed by atoms with E-state index in [0.29, 0.717) is 22.9 Å². The summed E-state index contributed by atoms with van der Waals surface area (Å²) < 4.78 is 10.3. The second kappa shape index (κ2) is 7.24. The quantitative estimate of drug-likeness (QED) is 0.818. The average Bonchev–Trinajstić information content (AvgIpc) is 2.43. The van der Waals surface area contributed by atoms with Crippen molar-refractivity contribution in [1.82, 2.24) is 5.32 Å². The molecular weight excluding hydrogens is 266 g/mol. The molecule has 1 atom stereocenters. The standard InChI is InChI=1S/C14H20ClNO3/c1-9(2)13(8-15)16-14(17)10-5-11(18-3)7-12(6-10)19-4/h5-7,9,13H,8H2,1-4H3,(H,16,17). The van der Waals surface area contributed by atoms with Crippen LogP contribution < -0.4 is 14.8 Å². The number of halogens is 1. The number of hydrogen-bond acceptors (Lipinski definition) is 3. The first-order valence-corrected chi connectivity index (χ1v) is 6.65. The van der Waals surface area contributed by atoms with Gasteiger partial charge < -0.3 is 14.8 Å². The fourth-order valence-electron chi connectivity index (χ4n) is 1.57. The van der Waals surface area contributed by atoms with Gasteiger partial charge in [-0.2, -0.15) is 0 Å². The highest BCUT2D eigenvalue weighted by Crippen LogP contribution is 2.22. The summed E-state index contributed by atoms with van der Waals surface area (Å²) in [7, 11) is 3.10. The Labute approximate surface area is 119 Å². The minimum absolute atomic E-state index is 0.0636. The summed E-state index contributed by atoms with van der Waals surface area (Å²) in [6, 6.07) is 5.00. The van der Waals surface area contributed by atoms with Crippen LogP contribution >= 0.6 is 11.6 Å². The molecule has 1 amide bonds. The van der Waals surface area contributed by atoms with Crippen molar-refractivity contribution in [2.75, 3.05) is 20.1 Å². The highest BCUT2D eigenvalue weighted by molar-refractivity contribution is 6.18. The summed E-state index contributed by atoms with van der Waals surface area (Å²) in [6.45, 7) is 4.03. The molecule has 0 heterocycles. The fraction of sp³-hybridized carbons (Fsp3) is 0.500. The SMILES string of the molecule is COc1cc(OC)cc(C(=O)NC(CCl)C(C)C)c1. The van der Waals surface area contributed by atoms with Crippen molar-refractivity contribution in [2.45, 2.75) is 19.9 Å². The number of carbonyl (C=O) groups excluding carboxylic acids is 1. The molecule has 0 aliphatic rings. The first-order valence-electron chi connectivity index (χ1n) is 6.11. The lowest BCUT2D eigenvalue weighted by atomic mass is 10.1. The Morgan fingerprint density at radius 1 is 1.21 bits per heavy atom. The molecule has 0 spiro atoms. The zero-order valence-electron chi connectivity index (χ0n) is 11.7. The third-order valence-corrected chi connectivity index (χ3v) is 3.23. The smallest absolute Gasteiger partial charge is 0.251 e. The van der Waals surface area contributed by atoms with Gasteiger partial charge in [-0.15, -0.1) is 11.6 Å². The van der Waals surface area contributed by atoms with Crippen molar-refractivity contribution in [3.8, 4) is 11.5 Å². The first-order chi connectivity index (χ1) is 9.01. The Hall–Kier alpha value is -1.42. The number of amides is 1. The Balaban J connectivity index is 2.92. The van der Waals surface area contributed by atoms with Crippen LogP contribution in [0.3, 0.4) is 0 Å². The molecule has 5 heteroatoms. The molecular formula is C14H20ClNO3. The van der Waals surface area contributed by atoms with E-state index in [0.717, 1.165) is 0 Å². The molecule has 0 fully saturated rings. The third kappa shape index (κ3) is 4.31. The second-order valence-corrected chi connectivity index (χ2v) is 4.89. The average molecular weight is 286 g/mol. The van der Waals surface area contributed by atoms with Gasteiger partial charge in [0.15, 0.2) is 0 Å². The minimum atomic E-state index is -0.184. The van der Waals surface area contributed by atoms with E-state index >= 15 is 0 Å². The number of benzene rings is 1. The highest BCUT2D eigenvalue weighted by atomic mass is 35.5. The molecule has 0 saturated heterocycles. The maximum atomic E-state index is 12.2. The van der Waals surface area contributed by atoms with Crippen molar-refractivity contribution in [1.29, 1.82) is 0 Å². The summed E-state index contributed by atoms with van der Waals surface area (Å²) in [5, 5.41) is 2.90. The van der Waals surface area contributed by atoms with E-state index in [4.69, 9.17) is 21.1 Å². The van der Waals surface area contributed by atoms with Crippen molar-refractivity contribution < 1.29 is 14.3 Å². The maximum absolute atomic E-state index is 12.2. The molecule has 0 saturated carbocycles. The van der Waals surface area contributed by atoms with Crippen molar-refractivity contribution in [3.05, 3.63) is 23.8 Å². The molecule has 1 unspecified atom stereocenters. The van der Waals surface area contributed by atoms with Gasteiger partial charge in [-0.1, -0.05) is 13.8 Å². The van der Waals surface area contributed by atoms with Crippen molar-refractivity contribution in [2.24, 2.45) is 5.92 Å². The zero-order valence-corrected chi connectivity index (χ0v) is 12.5. The van der Waals surface area contributed by atoms with Crippen LogP contribution in [-0.2, 0) is 0 Å². The molecule has 0 aromatic heterocycles. The van der Waals surface area contributed by atoms with Crippen LogP contribution in [0.5, 0.6) is 11.5 Å². The lowest BCUT2D eigenvalue weighted by Gasteiger charge is -2.20. The van der Waals surface area contributed by atoms with E-state index in [2.05, 4.69) is 5.32 Å². The van der Waals surface area contributed by atoms with Crippen LogP contribution in [0.1, 0.15) is 24.2 Å². The molecule has 1 aromatic rings. The molecule has 1 rings (SSSR count). The summed E-state index contributed by atoms with van der Waals surface area (Å²) in [5.41, 5.74) is 0.493. The normalized spacial score (nSPS) is 12.1. The van der Waals surface area contributed by atoms with Crippen LogP contribution in [0.2, 0.25) is 0 Å². The predicted octanol–water partition coefficient (Wildman–Crippen LogP) is 2.70. The summed E-state index contributed by atoms with van der Waals surface area (Å²) in [4.78, 5) is 12.2. The van der Waals surface area contributed by atoms with Gasteiger partial charge in [0.25, 0.3) is 5.91 Å². The molecule has 0 aliphatic carbocycles. The van der Waals surface area contributed by atoms with Gasteiger partial charge in [0.1, 0.15) is 11.5 Å². The first kappa shape index (κ1) is 15.6. The molecule has 4 nitrogen and oxygen atoms in total. The van der Waals surface area contributed by atoms with Gasteiger partial charge in [-0.3, -0.25) is 4.79 Å². The number of rotatable bonds is 6. The number of ether oxygens (including phenoxy) is 2. The van der Waals surface area contributed by atoms with Crippen LogP contribution in [0.4, 0.5) is 0 Å². The van der Waals surface area contributed by atoms with Crippen molar-refractivity contribution >= 4 is 17.5 Å². The Morgan fingerprint density at radius 3 is 2.11 bits per heavy atom. The number of nitrogens with one attached hydrogen (secondary N) is 1. The maximum Gasteiger partial charge on any atom is 0.251 e. The predicted molar refractivity (Wildman–Crippen MR) is 76.4 cm³/mol. The third-order valence-electron chi connectivity index (χ3n) is 2.90. The van der Waals surface area contributed by atoms with Gasteiger partial charge in [-0.05, 0) is 18.1 Å². The number of hydrogen-bond donors (Lipinski definition) is 1. The van der Waals surface area contributed by atoms with Gasteiger partial charge in [-0.25, -0.2) is 0 Å². The van der Waals surface area contributed by atoms with Crippen molar-refractivity contribution in [3.63, 3.8) is 0 Å². The number of methoxy groups -OCH3 is 2. The number of carbonyl (C=O) groups is 1. The number of alkyl halides is 1. The molecule has 19 heavy (non-hydrogen) atoms. The lowest BCUT2D eigenvalue weighted by Crippen LogP contribution is -2.39. The van der Waals surface area contributed by atoms with E-state index in [-0.39, 0.29) is 17.9 Å². The minimum Gasteiger partial charge on any atom is -0.497 e. The summed E-state index contributed by atoms with van der Waals surface area (Å²) in [6.07, 6.45) is 0. The molecule has 0 bridgehead atoms. The van der Waals surface area contributed by atoms with Crippen LogP contribution in [0.25, 0.3) is 0 Å². The Morgan fingerprint density at radius 2 is 1.74 bits per heavy atom. The molecule has 0 radical (unpaired) electrons. The van der Waals surface area contributed by atoms with E-state index in [1.165, 1.54) is 0 Å². The lowest BCUT2D eigenvalue weighted by molar-refractivity contribution is 0.0930. The van der Waals surface area contributed by atoms with Gasteiger partial charge in [0.2, 0.25) is 0 Å². The molecule has 0 aliphatic heterocycles. The van der Waals surface area contributed by atoms with E-state index in [9.17, 15) is 4.79 Å². The highest BCUT2D eigenvalue weighted by Gasteiger charge is 2.17. The van der Waals surface area contributed by atoms with Gasteiger partial charge in [0.05, 0.1) is 14.2 Å². The Bertz CT molecular complexity index is 412. The fourth-order valence-corrected chi connectivity index (χ4v) is 2.01.